The Bertz CT molecular complexity index is 1460. The highest BCUT2D eigenvalue weighted by Gasteiger charge is 2.38. The molecule has 9 heteroatoms. The minimum Gasteiger partial charge on any atom is -0.381 e. The van der Waals surface area contributed by atoms with Crippen LogP contribution in [0.5, 0.6) is 0 Å². The molecular formula is C29H32ClFN4O3. The molecule has 0 amide bonds. The zero-order valence-electron chi connectivity index (χ0n) is 21.8. The van der Waals surface area contributed by atoms with Gasteiger partial charge in [-0.1, -0.05) is 22.8 Å². The Morgan fingerprint density at radius 1 is 1.05 bits per heavy atom. The first-order chi connectivity index (χ1) is 18.4. The summed E-state index contributed by atoms with van der Waals surface area (Å²) in [4.78, 5) is 7.14. The van der Waals surface area contributed by atoms with E-state index in [4.69, 9.17) is 25.8 Å². The van der Waals surface area contributed by atoms with Gasteiger partial charge in [0.25, 0.3) is 0 Å². The van der Waals surface area contributed by atoms with E-state index in [9.17, 15) is 9.50 Å². The number of halogens is 2. The van der Waals surface area contributed by atoms with Crippen molar-refractivity contribution in [2.75, 3.05) is 12.0 Å². The number of aliphatic hydroxyl groups excluding tert-OH is 1. The summed E-state index contributed by atoms with van der Waals surface area (Å²) in [6, 6.07) is 11.1. The van der Waals surface area contributed by atoms with Gasteiger partial charge in [0.1, 0.15) is 23.6 Å². The molecule has 200 valence electrons. The van der Waals surface area contributed by atoms with Crippen LogP contribution in [0.4, 0.5) is 10.1 Å². The lowest BCUT2D eigenvalue weighted by molar-refractivity contribution is 0.0584. The van der Waals surface area contributed by atoms with Crippen LogP contribution in [0.25, 0.3) is 22.2 Å². The summed E-state index contributed by atoms with van der Waals surface area (Å²) in [6.45, 7) is 3.86. The van der Waals surface area contributed by atoms with Crippen LogP contribution in [-0.4, -0.2) is 39.3 Å². The lowest BCUT2D eigenvalue weighted by Crippen LogP contribution is -2.33. The quantitative estimate of drug-likeness (QED) is 0.298. The average molecular weight is 539 g/mol. The summed E-state index contributed by atoms with van der Waals surface area (Å²) < 4.78 is 27.4. The number of hydrogen-bond donors (Lipinski definition) is 1. The van der Waals surface area contributed by atoms with Crippen LogP contribution in [0.15, 0.2) is 40.9 Å². The third kappa shape index (κ3) is 4.28. The normalized spacial score (nSPS) is 24.0. The highest BCUT2D eigenvalue weighted by molar-refractivity contribution is 6.31. The molecule has 1 N–H and O–H groups in total. The lowest BCUT2D eigenvalue weighted by Gasteiger charge is -2.34. The van der Waals surface area contributed by atoms with Crippen molar-refractivity contribution in [1.82, 2.24) is 14.7 Å². The molecule has 2 atom stereocenters. The van der Waals surface area contributed by atoms with E-state index in [2.05, 4.69) is 27.9 Å². The van der Waals surface area contributed by atoms with E-state index in [0.29, 0.717) is 12.1 Å². The number of fused-ring (bicyclic) bond motifs is 1. The monoisotopic (exact) mass is 538 g/mol. The minimum atomic E-state index is -0.711. The maximum Gasteiger partial charge on any atom is 0.141 e. The standard InChI is InChI=1S/C29H32ClFN4O3/c1-16-28(17(2)38-33-16)18-4-11-25-24(14-18)32-29(35(25)19-5-8-21(37-3)9-6-19)26-12-13-27(36)34(26)20-7-10-23(31)22(30)15-20/h4,7,10-11,14-15,19,21,26-27,36H,5-6,8-9,12-13H2,1-3H3/t19-,21-,26-,27?/m0/s1. The van der Waals surface area contributed by atoms with Crippen molar-refractivity contribution in [3.8, 4) is 11.1 Å². The van der Waals surface area contributed by atoms with E-state index in [-0.39, 0.29) is 23.2 Å². The van der Waals surface area contributed by atoms with Crippen molar-refractivity contribution in [2.24, 2.45) is 0 Å². The number of anilines is 1. The number of imidazole rings is 1. The Balaban J connectivity index is 1.48. The van der Waals surface area contributed by atoms with Gasteiger partial charge in [0.15, 0.2) is 0 Å². The molecule has 2 aromatic carbocycles. The lowest BCUT2D eigenvalue weighted by atomic mass is 9.92. The van der Waals surface area contributed by atoms with E-state index in [0.717, 1.165) is 71.5 Å². The molecule has 0 bridgehead atoms. The number of ether oxygens (including phenoxy) is 1. The van der Waals surface area contributed by atoms with Crippen molar-refractivity contribution in [2.45, 2.75) is 76.8 Å². The summed E-state index contributed by atoms with van der Waals surface area (Å²) in [5.41, 5.74) is 5.49. The zero-order valence-corrected chi connectivity index (χ0v) is 22.6. The molecule has 0 spiro atoms. The molecule has 1 saturated carbocycles. The minimum absolute atomic E-state index is 0.0378. The fraction of sp³-hybridized carbons (Fsp3) is 0.448. The number of aromatic nitrogens is 3. The maximum absolute atomic E-state index is 14.0. The van der Waals surface area contributed by atoms with Crippen molar-refractivity contribution in [3.05, 3.63) is 64.5 Å². The van der Waals surface area contributed by atoms with E-state index in [1.54, 1.807) is 19.2 Å². The molecule has 7 nitrogen and oxygen atoms in total. The molecule has 1 aliphatic carbocycles. The van der Waals surface area contributed by atoms with Crippen molar-refractivity contribution < 1.29 is 18.8 Å². The number of nitrogens with zero attached hydrogens (tertiary/aromatic N) is 4. The average Bonchev–Trinajstić information content (AvgIpc) is 3.59. The second-order valence-electron chi connectivity index (χ2n) is 10.5. The third-order valence-corrected chi connectivity index (χ3v) is 8.53. The third-order valence-electron chi connectivity index (χ3n) is 8.24. The largest absolute Gasteiger partial charge is 0.381 e. The Labute approximate surface area is 226 Å². The molecule has 1 aliphatic heterocycles. The smallest absolute Gasteiger partial charge is 0.141 e. The van der Waals surface area contributed by atoms with Crippen LogP contribution < -0.4 is 4.90 Å². The van der Waals surface area contributed by atoms with Crippen LogP contribution >= 0.6 is 11.6 Å². The first-order valence-corrected chi connectivity index (χ1v) is 13.6. The van der Waals surface area contributed by atoms with Gasteiger partial charge in [-0.05, 0) is 88.3 Å². The predicted octanol–water partition coefficient (Wildman–Crippen LogP) is 6.89. The van der Waals surface area contributed by atoms with Gasteiger partial charge in [0.05, 0.1) is 33.9 Å². The van der Waals surface area contributed by atoms with E-state index < -0.39 is 12.0 Å². The Morgan fingerprint density at radius 2 is 1.84 bits per heavy atom. The summed E-state index contributed by atoms with van der Waals surface area (Å²) in [6.07, 6.45) is 4.83. The molecule has 1 unspecified atom stereocenters. The zero-order chi connectivity index (χ0) is 26.6. The Morgan fingerprint density at radius 3 is 2.53 bits per heavy atom. The molecule has 2 aromatic heterocycles. The first-order valence-electron chi connectivity index (χ1n) is 13.2. The number of methoxy groups -OCH3 is 1. The van der Waals surface area contributed by atoms with Crippen LogP contribution in [0.3, 0.4) is 0 Å². The number of aryl methyl sites for hydroxylation is 2. The van der Waals surface area contributed by atoms with Crippen LogP contribution in [0, 0.1) is 19.7 Å². The van der Waals surface area contributed by atoms with Crippen molar-refractivity contribution in [1.29, 1.82) is 0 Å². The van der Waals surface area contributed by atoms with E-state index in [1.807, 2.05) is 18.7 Å². The molecule has 1 saturated heterocycles. The van der Waals surface area contributed by atoms with Gasteiger partial charge in [0, 0.05) is 24.4 Å². The molecule has 2 aliphatic rings. The predicted molar refractivity (Wildman–Crippen MR) is 145 cm³/mol. The van der Waals surface area contributed by atoms with E-state index in [1.165, 1.54) is 6.07 Å². The summed E-state index contributed by atoms with van der Waals surface area (Å²) >= 11 is 6.14. The highest BCUT2D eigenvalue weighted by atomic mass is 35.5. The second-order valence-corrected chi connectivity index (χ2v) is 10.9. The fourth-order valence-electron chi connectivity index (χ4n) is 6.37. The number of aliphatic hydroxyl groups is 1. The van der Waals surface area contributed by atoms with Crippen LogP contribution in [-0.2, 0) is 4.74 Å². The van der Waals surface area contributed by atoms with Gasteiger partial charge < -0.3 is 23.8 Å². The molecule has 3 heterocycles. The van der Waals surface area contributed by atoms with Gasteiger partial charge in [-0.3, -0.25) is 0 Å². The van der Waals surface area contributed by atoms with Gasteiger partial charge in [-0.15, -0.1) is 0 Å². The number of benzene rings is 2. The fourth-order valence-corrected chi connectivity index (χ4v) is 6.54. The van der Waals surface area contributed by atoms with Gasteiger partial charge in [0.2, 0.25) is 0 Å². The van der Waals surface area contributed by atoms with Gasteiger partial charge in [-0.25, -0.2) is 9.37 Å². The SMILES string of the molecule is CO[C@H]1CC[C@H](n2c([C@@H]3CCC(O)N3c3ccc(F)c(Cl)c3)nc3cc(-c4c(C)noc4C)ccc32)CC1. The number of rotatable bonds is 5. The van der Waals surface area contributed by atoms with Crippen molar-refractivity contribution >= 4 is 28.3 Å². The molecule has 38 heavy (non-hydrogen) atoms. The summed E-state index contributed by atoms with van der Waals surface area (Å²) in [5, 5.41) is 15.2. The number of hydrogen-bond acceptors (Lipinski definition) is 6. The van der Waals surface area contributed by atoms with Crippen molar-refractivity contribution in [3.63, 3.8) is 0 Å². The topological polar surface area (TPSA) is 76.6 Å². The summed E-state index contributed by atoms with van der Waals surface area (Å²) in [5.74, 6) is 1.21. The van der Waals surface area contributed by atoms with Gasteiger partial charge in [-0.2, -0.15) is 0 Å². The Kier molecular flexibility index (Phi) is 6.66. The van der Waals surface area contributed by atoms with Gasteiger partial charge >= 0.3 is 0 Å². The first kappa shape index (κ1) is 25.3. The molecule has 6 rings (SSSR count). The van der Waals surface area contributed by atoms with Crippen LogP contribution in [0.1, 0.15) is 67.9 Å². The summed E-state index contributed by atoms with van der Waals surface area (Å²) in [7, 11) is 1.78. The molecule has 4 aromatic rings. The maximum atomic E-state index is 14.0. The van der Waals surface area contributed by atoms with Crippen LogP contribution in [0.2, 0.25) is 5.02 Å². The second kappa shape index (κ2) is 9.98. The Hall–Kier alpha value is -2.94. The van der Waals surface area contributed by atoms with E-state index >= 15 is 0 Å². The molecule has 0 radical (unpaired) electrons. The highest BCUT2D eigenvalue weighted by Crippen LogP contribution is 2.44. The molecule has 2 fully saturated rings. The molecular weight excluding hydrogens is 507 g/mol.